The molecule has 1 aromatic heterocycles. The first kappa shape index (κ1) is 19.3. The number of para-hydroxylation sites is 1. The number of aromatic amines is 1. The molecule has 3 heterocycles. The van der Waals surface area contributed by atoms with Crippen molar-refractivity contribution < 1.29 is 18.8 Å². The summed E-state index contributed by atoms with van der Waals surface area (Å²) in [5, 5.41) is 3.68. The summed E-state index contributed by atoms with van der Waals surface area (Å²) in [6.45, 7) is 3.63. The van der Waals surface area contributed by atoms with E-state index in [4.69, 9.17) is 0 Å². The topological polar surface area (TPSA) is 85.5 Å². The number of hydrogen-bond acceptors (Lipinski definition) is 3. The van der Waals surface area contributed by atoms with Gasteiger partial charge in [-0.25, -0.2) is 14.1 Å². The van der Waals surface area contributed by atoms with Gasteiger partial charge in [0.1, 0.15) is 11.9 Å². The minimum absolute atomic E-state index is 0.388. The van der Waals surface area contributed by atoms with Crippen molar-refractivity contribution in [3.8, 4) is 0 Å². The second kappa shape index (κ2) is 6.66. The SMILES string of the molecule is C[C@@H](C(=O)Nc1ccc(F)cc1)N1C(=O)N2CCc3c([nH]c4ccccc34)[C@@]2(C)C1=O. The lowest BCUT2D eigenvalue weighted by Crippen LogP contribution is -2.49. The highest BCUT2D eigenvalue weighted by atomic mass is 19.1. The number of amides is 4. The summed E-state index contributed by atoms with van der Waals surface area (Å²) in [7, 11) is 0. The Labute approximate surface area is 177 Å². The number of halogens is 1. The second-order valence-corrected chi connectivity index (χ2v) is 8.13. The lowest BCUT2D eigenvalue weighted by atomic mass is 9.87. The molecular weight excluding hydrogens is 399 g/mol. The molecule has 0 saturated carbocycles. The number of anilines is 1. The fraction of sp³-hybridized carbons (Fsp3) is 0.261. The van der Waals surface area contributed by atoms with Gasteiger partial charge in [-0.2, -0.15) is 0 Å². The maximum atomic E-state index is 13.6. The van der Waals surface area contributed by atoms with Crippen LogP contribution in [-0.4, -0.2) is 45.2 Å². The Bertz CT molecular complexity index is 1240. The van der Waals surface area contributed by atoms with E-state index in [9.17, 15) is 18.8 Å². The molecule has 1 fully saturated rings. The monoisotopic (exact) mass is 420 g/mol. The molecule has 2 atom stereocenters. The summed E-state index contributed by atoms with van der Waals surface area (Å²) in [4.78, 5) is 45.5. The molecular formula is C23H21FN4O3. The van der Waals surface area contributed by atoms with Gasteiger partial charge in [-0.3, -0.25) is 9.59 Å². The van der Waals surface area contributed by atoms with Crippen LogP contribution in [-0.2, 0) is 21.5 Å². The zero-order valence-electron chi connectivity index (χ0n) is 17.1. The Morgan fingerprint density at radius 3 is 2.61 bits per heavy atom. The van der Waals surface area contributed by atoms with Gasteiger partial charge in [0, 0.05) is 23.1 Å². The third kappa shape index (κ3) is 2.67. The molecule has 1 saturated heterocycles. The Morgan fingerprint density at radius 1 is 1.16 bits per heavy atom. The fourth-order valence-electron chi connectivity index (χ4n) is 4.66. The summed E-state index contributed by atoms with van der Waals surface area (Å²) in [6.07, 6.45) is 0.623. The van der Waals surface area contributed by atoms with E-state index in [1.54, 1.807) is 6.92 Å². The number of nitrogens with one attached hydrogen (secondary N) is 2. The van der Waals surface area contributed by atoms with Gasteiger partial charge in [0.25, 0.3) is 5.91 Å². The van der Waals surface area contributed by atoms with Crippen LogP contribution >= 0.6 is 0 Å². The number of fused-ring (bicyclic) bond motifs is 5. The standard InChI is InChI=1S/C23H21FN4O3/c1-13(20(29)25-15-9-7-14(24)8-10-15)28-21(30)23(2)19-17(11-12-27(23)22(28)31)16-5-3-4-6-18(16)26-19/h3-10,13,26H,11-12H2,1-2H3,(H,25,29)/t13-,23-/m0/s1. The predicted molar refractivity (Wildman–Crippen MR) is 113 cm³/mol. The van der Waals surface area contributed by atoms with Crippen molar-refractivity contribution in [2.75, 3.05) is 11.9 Å². The number of hydrogen-bond donors (Lipinski definition) is 2. The summed E-state index contributed by atoms with van der Waals surface area (Å²) >= 11 is 0. The number of nitrogens with zero attached hydrogens (tertiary/aromatic N) is 2. The maximum absolute atomic E-state index is 13.6. The number of carbonyl (C=O) groups excluding carboxylic acids is 3. The molecule has 158 valence electrons. The van der Waals surface area contributed by atoms with Crippen LogP contribution in [0.1, 0.15) is 25.1 Å². The van der Waals surface area contributed by atoms with Gasteiger partial charge in [-0.05, 0) is 56.2 Å². The predicted octanol–water partition coefficient (Wildman–Crippen LogP) is 3.37. The van der Waals surface area contributed by atoms with Crippen molar-refractivity contribution in [1.29, 1.82) is 0 Å². The Balaban J connectivity index is 1.48. The van der Waals surface area contributed by atoms with E-state index in [-0.39, 0.29) is 0 Å². The lowest BCUT2D eigenvalue weighted by Gasteiger charge is -2.36. The second-order valence-electron chi connectivity index (χ2n) is 8.13. The van der Waals surface area contributed by atoms with E-state index in [1.165, 1.54) is 36.1 Å². The number of rotatable bonds is 3. The van der Waals surface area contributed by atoms with Crippen LogP contribution in [0, 0.1) is 5.82 Å². The van der Waals surface area contributed by atoms with Crippen LogP contribution in [0.25, 0.3) is 10.9 Å². The molecule has 4 amide bonds. The smallest absolute Gasteiger partial charge is 0.328 e. The first-order valence-corrected chi connectivity index (χ1v) is 10.1. The highest BCUT2D eigenvalue weighted by Gasteiger charge is 2.60. The van der Waals surface area contributed by atoms with Crippen LogP contribution in [0.5, 0.6) is 0 Å². The Kier molecular flexibility index (Phi) is 4.15. The third-order valence-corrected chi connectivity index (χ3v) is 6.38. The van der Waals surface area contributed by atoms with Crippen molar-refractivity contribution >= 4 is 34.4 Å². The Hall–Kier alpha value is -3.68. The highest BCUT2D eigenvalue weighted by Crippen LogP contribution is 2.44. The Morgan fingerprint density at radius 2 is 1.87 bits per heavy atom. The minimum atomic E-state index is -1.20. The molecule has 2 aliphatic heterocycles. The van der Waals surface area contributed by atoms with E-state index in [0.29, 0.717) is 24.3 Å². The molecule has 2 N–H and O–H groups in total. The molecule has 0 spiro atoms. The molecule has 8 heteroatoms. The first-order chi connectivity index (χ1) is 14.8. The molecule has 0 radical (unpaired) electrons. The van der Waals surface area contributed by atoms with E-state index >= 15 is 0 Å². The van der Waals surface area contributed by atoms with Crippen LogP contribution in [0.2, 0.25) is 0 Å². The van der Waals surface area contributed by atoms with Crippen molar-refractivity contribution in [2.24, 2.45) is 0 Å². The molecule has 2 aliphatic rings. The zero-order chi connectivity index (χ0) is 21.9. The zero-order valence-corrected chi connectivity index (χ0v) is 17.1. The van der Waals surface area contributed by atoms with Crippen molar-refractivity contribution in [3.63, 3.8) is 0 Å². The van der Waals surface area contributed by atoms with Crippen LogP contribution < -0.4 is 5.32 Å². The largest absolute Gasteiger partial charge is 0.356 e. The normalized spacial score (nSPS) is 21.3. The molecule has 0 unspecified atom stereocenters. The number of aromatic nitrogens is 1. The number of H-pyrrole nitrogens is 1. The fourth-order valence-corrected chi connectivity index (χ4v) is 4.66. The summed E-state index contributed by atoms with van der Waals surface area (Å²) in [6, 6.07) is 11.6. The van der Waals surface area contributed by atoms with Gasteiger partial charge >= 0.3 is 6.03 Å². The van der Waals surface area contributed by atoms with Gasteiger partial charge in [-0.15, -0.1) is 0 Å². The molecule has 3 aromatic rings. The van der Waals surface area contributed by atoms with Crippen LogP contribution in [0.3, 0.4) is 0 Å². The maximum Gasteiger partial charge on any atom is 0.328 e. The minimum Gasteiger partial charge on any atom is -0.356 e. The van der Waals surface area contributed by atoms with E-state index in [2.05, 4.69) is 10.3 Å². The number of benzene rings is 2. The van der Waals surface area contributed by atoms with E-state index < -0.39 is 35.2 Å². The molecule has 31 heavy (non-hydrogen) atoms. The van der Waals surface area contributed by atoms with Gasteiger partial charge in [0.15, 0.2) is 5.54 Å². The van der Waals surface area contributed by atoms with Crippen LogP contribution in [0.4, 0.5) is 14.9 Å². The summed E-state index contributed by atoms with van der Waals surface area (Å²) in [5.41, 5.74) is 1.83. The van der Waals surface area contributed by atoms with Crippen molar-refractivity contribution in [3.05, 3.63) is 65.6 Å². The summed E-state index contributed by atoms with van der Waals surface area (Å²) < 4.78 is 13.1. The molecule has 5 rings (SSSR count). The van der Waals surface area contributed by atoms with Gasteiger partial charge in [0.05, 0.1) is 5.69 Å². The van der Waals surface area contributed by atoms with Gasteiger partial charge in [-0.1, -0.05) is 18.2 Å². The van der Waals surface area contributed by atoms with Crippen molar-refractivity contribution in [1.82, 2.24) is 14.8 Å². The molecule has 2 aromatic carbocycles. The average Bonchev–Trinajstić information content (AvgIpc) is 3.23. The summed E-state index contributed by atoms with van der Waals surface area (Å²) in [5.74, 6) is -1.38. The van der Waals surface area contributed by atoms with Gasteiger partial charge < -0.3 is 15.2 Å². The molecule has 0 aliphatic carbocycles. The first-order valence-electron chi connectivity index (χ1n) is 10.1. The third-order valence-electron chi connectivity index (χ3n) is 6.38. The number of imide groups is 1. The van der Waals surface area contributed by atoms with Crippen LogP contribution in [0.15, 0.2) is 48.5 Å². The van der Waals surface area contributed by atoms with E-state index in [0.717, 1.165) is 21.4 Å². The highest BCUT2D eigenvalue weighted by molar-refractivity contribution is 6.12. The lowest BCUT2D eigenvalue weighted by molar-refractivity contribution is -0.137. The van der Waals surface area contributed by atoms with E-state index in [1.807, 2.05) is 24.3 Å². The average molecular weight is 420 g/mol. The number of urea groups is 1. The molecule has 7 nitrogen and oxygen atoms in total. The van der Waals surface area contributed by atoms with Gasteiger partial charge in [0.2, 0.25) is 5.91 Å². The molecule has 0 bridgehead atoms. The quantitative estimate of drug-likeness (QED) is 0.637. The number of carbonyl (C=O) groups is 3. The van der Waals surface area contributed by atoms with Crippen molar-refractivity contribution in [2.45, 2.75) is 31.8 Å².